The van der Waals surface area contributed by atoms with E-state index in [1.807, 2.05) is 6.92 Å². The Hall–Kier alpha value is -0.900. The van der Waals surface area contributed by atoms with E-state index < -0.39 is 0 Å². The zero-order valence-corrected chi connectivity index (χ0v) is 7.30. The van der Waals surface area contributed by atoms with Gasteiger partial charge in [-0.3, -0.25) is 5.10 Å². The van der Waals surface area contributed by atoms with E-state index in [-0.39, 0.29) is 0 Å². The highest BCUT2D eigenvalue weighted by atomic mass is 15.2. The molecule has 1 aliphatic rings. The van der Waals surface area contributed by atoms with Gasteiger partial charge in [0.25, 0.3) is 0 Å². The molecule has 4 nitrogen and oxygen atoms in total. The number of H-pyrrole nitrogens is 1. The minimum atomic E-state index is 0.736. The molecule has 4 heteroatoms. The molecule has 1 fully saturated rings. The summed E-state index contributed by atoms with van der Waals surface area (Å²) in [5, 5.41) is 10.3. The largest absolute Gasteiger partial charge is 0.316 e. The summed E-state index contributed by atoms with van der Waals surface area (Å²) in [7, 11) is 0. The van der Waals surface area contributed by atoms with Gasteiger partial charge in [0.15, 0.2) is 5.82 Å². The number of aromatic nitrogens is 3. The second-order valence-electron chi connectivity index (χ2n) is 3.40. The predicted octanol–water partition coefficient (Wildman–Crippen LogP) is 0.265. The maximum absolute atomic E-state index is 4.28. The summed E-state index contributed by atoms with van der Waals surface area (Å²) in [5.41, 5.74) is 0. The van der Waals surface area contributed by atoms with Crippen molar-refractivity contribution in [2.45, 2.75) is 19.8 Å². The quantitative estimate of drug-likeness (QED) is 0.663. The van der Waals surface area contributed by atoms with E-state index in [0.29, 0.717) is 0 Å². The molecule has 1 aromatic heterocycles. The summed E-state index contributed by atoms with van der Waals surface area (Å²) in [6.07, 6.45) is 2.27. The summed E-state index contributed by atoms with van der Waals surface area (Å²) in [6.45, 7) is 4.20. The summed E-state index contributed by atoms with van der Waals surface area (Å²) in [5.74, 6) is 2.61. The Labute approximate surface area is 71.8 Å². The Morgan fingerprint density at radius 3 is 3.08 bits per heavy atom. The molecule has 1 atom stereocenters. The fourth-order valence-electron chi connectivity index (χ4n) is 1.63. The Morgan fingerprint density at radius 1 is 1.58 bits per heavy atom. The zero-order chi connectivity index (χ0) is 8.39. The lowest BCUT2D eigenvalue weighted by Gasteiger charge is -2.02. The first-order chi connectivity index (χ1) is 5.84. The number of nitrogens with one attached hydrogen (secondary N) is 2. The van der Waals surface area contributed by atoms with Crippen LogP contribution in [0.15, 0.2) is 0 Å². The first-order valence-electron chi connectivity index (χ1n) is 4.43. The fourth-order valence-corrected chi connectivity index (χ4v) is 1.63. The van der Waals surface area contributed by atoms with Gasteiger partial charge in [-0.2, -0.15) is 5.10 Å². The molecule has 66 valence electrons. The van der Waals surface area contributed by atoms with Gasteiger partial charge in [-0.05, 0) is 32.4 Å². The van der Waals surface area contributed by atoms with Crippen LogP contribution in [-0.2, 0) is 6.42 Å². The van der Waals surface area contributed by atoms with Gasteiger partial charge < -0.3 is 5.32 Å². The third-order valence-electron chi connectivity index (χ3n) is 2.28. The van der Waals surface area contributed by atoms with Crippen LogP contribution in [-0.4, -0.2) is 28.3 Å². The molecule has 0 aliphatic carbocycles. The summed E-state index contributed by atoms with van der Waals surface area (Å²) >= 11 is 0. The van der Waals surface area contributed by atoms with Gasteiger partial charge >= 0.3 is 0 Å². The minimum Gasteiger partial charge on any atom is -0.316 e. The Bertz CT molecular complexity index is 249. The van der Waals surface area contributed by atoms with Crippen molar-refractivity contribution in [2.24, 2.45) is 5.92 Å². The van der Waals surface area contributed by atoms with E-state index in [1.54, 1.807) is 0 Å². The Kier molecular flexibility index (Phi) is 2.08. The van der Waals surface area contributed by atoms with Crippen molar-refractivity contribution in [1.29, 1.82) is 0 Å². The van der Waals surface area contributed by atoms with E-state index in [4.69, 9.17) is 0 Å². The molecule has 12 heavy (non-hydrogen) atoms. The van der Waals surface area contributed by atoms with E-state index in [9.17, 15) is 0 Å². The normalized spacial score (nSPS) is 23.2. The van der Waals surface area contributed by atoms with Gasteiger partial charge in [0.1, 0.15) is 5.82 Å². The van der Waals surface area contributed by atoms with Crippen molar-refractivity contribution in [3.8, 4) is 0 Å². The smallest absolute Gasteiger partial charge is 0.151 e. The van der Waals surface area contributed by atoms with Crippen LogP contribution in [0.5, 0.6) is 0 Å². The van der Waals surface area contributed by atoms with Crippen molar-refractivity contribution in [1.82, 2.24) is 20.5 Å². The standard InChI is InChI=1S/C8H14N4/c1-6-10-8(12-11-6)4-7-2-3-9-5-7/h7,9H,2-5H2,1H3,(H,10,11,12). The fraction of sp³-hybridized carbons (Fsp3) is 0.750. The van der Waals surface area contributed by atoms with Crippen molar-refractivity contribution in [3.63, 3.8) is 0 Å². The lowest BCUT2D eigenvalue weighted by Crippen LogP contribution is -2.11. The van der Waals surface area contributed by atoms with Crippen LogP contribution in [0.2, 0.25) is 0 Å². The first kappa shape index (κ1) is 7.73. The highest BCUT2D eigenvalue weighted by Gasteiger charge is 2.16. The summed E-state index contributed by atoms with van der Waals surface area (Å²) < 4.78 is 0. The van der Waals surface area contributed by atoms with Crippen LogP contribution in [0.1, 0.15) is 18.1 Å². The lowest BCUT2D eigenvalue weighted by atomic mass is 10.1. The van der Waals surface area contributed by atoms with Gasteiger partial charge in [-0.1, -0.05) is 0 Å². The molecular formula is C8H14N4. The highest BCUT2D eigenvalue weighted by Crippen LogP contribution is 2.11. The number of hydrogen-bond donors (Lipinski definition) is 2. The first-order valence-corrected chi connectivity index (χ1v) is 4.43. The number of aromatic amines is 1. The van der Waals surface area contributed by atoms with Gasteiger partial charge in [-0.15, -0.1) is 0 Å². The SMILES string of the molecule is Cc1nc(CC2CCNC2)n[nH]1. The molecule has 0 spiro atoms. The maximum atomic E-state index is 4.28. The summed E-state index contributed by atoms with van der Waals surface area (Å²) in [6, 6.07) is 0. The van der Waals surface area contributed by atoms with Gasteiger partial charge in [0, 0.05) is 6.42 Å². The second kappa shape index (κ2) is 3.23. The van der Waals surface area contributed by atoms with Crippen molar-refractivity contribution >= 4 is 0 Å². The van der Waals surface area contributed by atoms with Gasteiger partial charge in [0.05, 0.1) is 0 Å². The average Bonchev–Trinajstić information content (AvgIpc) is 2.63. The topological polar surface area (TPSA) is 53.6 Å². The number of nitrogens with zero attached hydrogens (tertiary/aromatic N) is 2. The minimum absolute atomic E-state index is 0.736. The van der Waals surface area contributed by atoms with Crippen LogP contribution >= 0.6 is 0 Å². The summed E-state index contributed by atoms with van der Waals surface area (Å²) in [4.78, 5) is 4.28. The van der Waals surface area contributed by atoms with Gasteiger partial charge in [-0.25, -0.2) is 4.98 Å². The maximum Gasteiger partial charge on any atom is 0.151 e. The lowest BCUT2D eigenvalue weighted by molar-refractivity contribution is 0.562. The number of rotatable bonds is 2. The third kappa shape index (κ3) is 1.64. The molecule has 1 unspecified atom stereocenters. The second-order valence-corrected chi connectivity index (χ2v) is 3.40. The highest BCUT2D eigenvalue weighted by molar-refractivity contribution is 4.91. The van der Waals surface area contributed by atoms with Crippen molar-refractivity contribution in [2.75, 3.05) is 13.1 Å². The van der Waals surface area contributed by atoms with Crippen molar-refractivity contribution in [3.05, 3.63) is 11.6 Å². The molecular weight excluding hydrogens is 152 g/mol. The monoisotopic (exact) mass is 166 g/mol. The predicted molar refractivity (Wildman–Crippen MR) is 45.8 cm³/mol. The molecule has 2 heterocycles. The van der Waals surface area contributed by atoms with Crippen LogP contribution in [0.25, 0.3) is 0 Å². The van der Waals surface area contributed by atoms with Crippen LogP contribution in [0.4, 0.5) is 0 Å². The zero-order valence-electron chi connectivity index (χ0n) is 7.30. The number of hydrogen-bond acceptors (Lipinski definition) is 3. The van der Waals surface area contributed by atoms with E-state index in [0.717, 1.165) is 37.1 Å². The molecule has 0 aromatic carbocycles. The number of aryl methyl sites for hydroxylation is 1. The Balaban J connectivity index is 1.94. The van der Waals surface area contributed by atoms with Crippen molar-refractivity contribution < 1.29 is 0 Å². The molecule has 0 radical (unpaired) electrons. The van der Waals surface area contributed by atoms with E-state index in [2.05, 4.69) is 20.5 Å². The molecule has 0 amide bonds. The third-order valence-corrected chi connectivity index (χ3v) is 2.28. The van der Waals surface area contributed by atoms with Crippen LogP contribution < -0.4 is 5.32 Å². The van der Waals surface area contributed by atoms with Crippen LogP contribution in [0.3, 0.4) is 0 Å². The molecule has 2 N–H and O–H groups in total. The molecule has 0 bridgehead atoms. The van der Waals surface area contributed by atoms with E-state index in [1.165, 1.54) is 6.42 Å². The molecule has 2 rings (SSSR count). The van der Waals surface area contributed by atoms with E-state index >= 15 is 0 Å². The molecule has 1 aliphatic heterocycles. The Morgan fingerprint density at radius 2 is 2.50 bits per heavy atom. The van der Waals surface area contributed by atoms with Gasteiger partial charge in [0.2, 0.25) is 0 Å². The average molecular weight is 166 g/mol. The molecule has 1 aromatic rings. The van der Waals surface area contributed by atoms with Crippen LogP contribution in [0, 0.1) is 12.8 Å². The molecule has 1 saturated heterocycles. The molecule has 0 saturated carbocycles.